The van der Waals surface area contributed by atoms with Crippen molar-refractivity contribution >= 4 is 11.0 Å². The molecule has 0 atom stereocenters. The Labute approximate surface area is 57.7 Å². The molecule has 0 amide bonds. The fourth-order valence-electron chi connectivity index (χ4n) is 0.850. The van der Waals surface area contributed by atoms with Crippen molar-refractivity contribution < 1.29 is 9.52 Å². The Morgan fingerprint density at radius 2 is 2.40 bits per heavy atom. The van der Waals surface area contributed by atoms with Crippen LogP contribution in [0.3, 0.4) is 0 Å². The van der Waals surface area contributed by atoms with Gasteiger partial charge in [0.2, 0.25) is 0 Å². The lowest BCUT2D eigenvalue weighted by atomic mass is 10.3. The van der Waals surface area contributed by atoms with Gasteiger partial charge >= 0.3 is 0 Å². The first-order valence-corrected chi connectivity index (χ1v) is 2.87. The molecule has 0 aliphatic carbocycles. The molecule has 0 saturated carbocycles. The van der Waals surface area contributed by atoms with E-state index in [1.54, 1.807) is 12.1 Å². The number of rotatable bonds is 0. The standard InChI is InChI=1S/C8H4O2/c9-8-5-6-3-1-2-4-7(6)10-8/h2,4-5,9H. The van der Waals surface area contributed by atoms with Crippen LogP contribution in [0.15, 0.2) is 22.6 Å². The Hall–Kier alpha value is -1.62. The Morgan fingerprint density at radius 3 is 3.20 bits per heavy atom. The van der Waals surface area contributed by atoms with Crippen LogP contribution in [0.1, 0.15) is 0 Å². The van der Waals surface area contributed by atoms with E-state index in [9.17, 15) is 0 Å². The zero-order valence-corrected chi connectivity index (χ0v) is 5.09. The molecule has 2 aromatic rings. The van der Waals surface area contributed by atoms with E-state index < -0.39 is 0 Å². The monoisotopic (exact) mass is 132 g/mol. The Bertz CT molecular complexity index is 316. The topological polar surface area (TPSA) is 33.4 Å². The second kappa shape index (κ2) is 1.68. The van der Waals surface area contributed by atoms with Crippen molar-refractivity contribution in [1.82, 2.24) is 0 Å². The smallest absolute Gasteiger partial charge is 0.283 e. The van der Waals surface area contributed by atoms with Gasteiger partial charge in [-0.2, -0.15) is 0 Å². The summed E-state index contributed by atoms with van der Waals surface area (Å²) in [5.41, 5.74) is 0.635. The molecule has 2 heteroatoms. The molecular weight excluding hydrogens is 128 g/mol. The second-order valence-electron chi connectivity index (χ2n) is 1.97. The van der Waals surface area contributed by atoms with Crippen LogP contribution in [0, 0.1) is 12.1 Å². The molecule has 10 heavy (non-hydrogen) atoms. The molecule has 1 aromatic carbocycles. The molecule has 0 spiro atoms. The van der Waals surface area contributed by atoms with E-state index in [4.69, 9.17) is 9.52 Å². The summed E-state index contributed by atoms with van der Waals surface area (Å²) in [6.07, 6.45) is 0. The summed E-state index contributed by atoms with van der Waals surface area (Å²) >= 11 is 0. The summed E-state index contributed by atoms with van der Waals surface area (Å²) in [6.45, 7) is 0. The van der Waals surface area contributed by atoms with Crippen molar-refractivity contribution in [1.29, 1.82) is 0 Å². The third kappa shape index (κ3) is 0.611. The molecule has 2 nitrogen and oxygen atoms in total. The second-order valence-corrected chi connectivity index (χ2v) is 1.97. The highest BCUT2D eigenvalue weighted by molar-refractivity contribution is 5.76. The lowest BCUT2D eigenvalue weighted by molar-refractivity contribution is 0.346. The van der Waals surface area contributed by atoms with Gasteiger partial charge in [-0.25, -0.2) is 0 Å². The molecular formula is C8H4O2. The average molecular weight is 132 g/mol. The van der Waals surface area contributed by atoms with Gasteiger partial charge in [-0.3, -0.25) is 0 Å². The van der Waals surface area contributed by atoms with Gasteiger partial charge in [0.1, 0.15) is 5.58 Å². The number of aromatic hydroxyl groups is 1. The van der Waals surface area contributed by atoms with Crippen LogP contribution in [0.4, 0.5) is 0 Å². The molecule has 0 fully saturated rings. The maximum absolute atomic E-state index is 8.86. The van der Waals surface area contributed by atoms with Crippen molar-refractivity contribution in [2.45, 2.75) is 0 Å². The van der Waals surface area contributed by atoms with Crippen LogP contribution in [0.2, 0.25) is 0 Å². The molecule has 0 unspecified atom stereocenters. The van der Waals surface area contributed by atoms with Crippen LogP contribution in [-0.2, 0) is 0 Å². The Morgan fingerprint density at radius 1 is 1.50 bits per heavy atom. The normalized spacial score (nSPS) is 9.60. The van der Waals surface area contributed by atoms with Crippen molar-refractivity contribution in [3.05, 3.63) is 30.3 Å². The maximum atomic E-state index is 8.86. The van der Waals surface area contributed by atoms with E-state index in [0.29, 0.717) is 5.58 Å². The van der Waals surface area contributed by atoms with Gasteiger partial charge in [-0.05, 0) is 12.1 Å². The minimum Gasteiger partial charge on any atom is -0.481 e. The molecule has 0 radical (unpaired) electrons. The first-order chi connectivity index (χ1) is 4.86. The summed E-state index contributed by atoms with van der Waals surface area (Å²) in [5, 5.41) is 9.61. The van der Waals surface area contributed by atoms with Crippen molar-refractivity contribution in [3.8, 4) is 5.95 Å². The lowest BCUT2D eigenvalue weighted by Crippen LogP contribution is -1.54. The Kier molecular flexibility index (Phi) is 0.870. The zero-order valence-electron chi connectivity index (χ0n) is 5.09. The van der Waals surface area contributed by atoms with Crippen molar-refractivity contribution in [2.75, 3.05) is 0 Å². The summed E-state index contributed by atoms with van der Waals surface area (Å²) in [6, 6.07) is 10.5. The zero-order chi connectivity index (χ0) is 6.97. The van der Waals surface area contributed by atoms with Crippen LogP contribution in [-0.4, -0.2) is 5.11 Å². The Balaban J connectivity index is 2.88. The summed E-state index contributed by atoms with van der Waals surface area (Å²) < 4.78 is 4.87. The molecule has 0 saturated heterocycles. The quantitative estimate of drug-likeness (QED) is 0.592. The van der Waals surface area contributed by atoms with Crippen LogP contribution < -0.4 is 0 Å². The molecule has 1 aromatic heterocycles. The van der Waals surface area contributed by atoms with Gasteiger partial charge in [0.05, 0.1) is 5.39 Å². The van der Waals surface area contributed by atoms with E-state index in [0.717, 1.165) is 5.39 Å². The molecule has 0 aliphatic heterocycles. The SMILES string of the molecule is Oc1cc2c#cccc2o1. The molecule has 0 aliphatic rings. The molecule has 1 N–H and O–H groups in total. The third-order valence-corrected chi connectivity index (χ3v) is 1.27. The summed E-state index contributed by atoms with van der Waals surface area (Å²) in [7, 11) is 0. The van der Waals surface area contributed by atoms with Gasteiger partial charge < -0.3 is 9.52 Å². The van der Waals surface area contributed by atoms with Crippen LogP contribution in [0.25, 0.3) is 11.0 Å². The van der Waals surface area contributed by atoms with E-state index >= 15 is 0 Å². The highest BCUT2D eigenvalue weighted by atomic mass is 16.5. The van der Waals surface area contributed by atoms with Crippen molar-refractivity contribution in [3.63, 3.8) is 0 Å². The van der Waals surface area contributed by atoms with Crippen LogP contribution >= 0.6 is 0 Å². The highest BCUT2D eigenvalue weighted by Gasteiger charge is 1.97. The molecule has 2 rings (SSSR count). The largest absolute Gasteiger partial charge is 0.481 e. The molecule has 1 heterocycles. The van der Waals surface area contributed by atoms with E-state index in [-0.39, 0.29) is 5.95 Å². The first kappa shape index (κ1) is 5.19. The number of hydrogen-bond donors (Lipinski definition) is 1. The minimum atomic E-state index is -0.0779. The van der Waals surface area contributed by atoms with Gasteiger partial charge in [0.25, 0.3) is 5.95 Å². The fourth-order valence-corrected chi connectivity index (χ4v) is 0.850. The average Bonchev–Trinajstić information content (AvgIpc) is 2.27. The highest BCUT2D eigenvalue weighted by Crippen LogP contribution is 2.20. The summed E-state index contributed by atoms with van der Waals surface area (Å²) in [5.74, 6) is -0.0779. The van der Waals surface area contributed by atoms with Gasteiger partial charge in [0.15, 0.2) is 0 Å². The lowest BCUT2D eigenvalue weighted by Gasteiger charge is -1.76. The fraction of sp³-hybridized carbons (Fsp3) is 0. The van der Waals surface area contributed by atoms with E-state index in [2.05, 4.69) is 12.1 Å². The number of fused-ring (bicyclic) bond motifs is 1. The minimum absolute atomic E-state index is 0.0779. The van der Waals surface area contributed by atoms with Gasteiger partial charge in [-0.1, -0.05) is 12.1 Å². The van der Waals surface area contributed by atoms with E-state index in [1.807, 2.05) is 0 Å². The number of furan rings is 1. The molecule has 48 valence electrons. The first-order valence-electron chi connectivity index (χ1n) is 2.87. The predicted molar refractivity (Wildman–Crippen MR) is 35.6 cm³/mol. The number of hydrogen-bond acceptors (Lipinski definition) is 2. The van der Waals surface area contributed by atoms with Gasteiger partial charge in [-0.15, -0.1) is 0 Å². The third-order valence-electron chi connectivity index (χ3n) is 1.27. The predicted octanol–water partition coefficient (Wildman–Crippen LogP) is 1.74. The maximum Gasteiger partial charge on any atom is 0.283 e. The van der Waals surface area contributed by atoms with Crippen LogP contribution in [0.5, 0.6) is 5.95 Å². The summed E-state index contributed by atoms with van der Waals surface area (Å²) in [4.78, 5) is 0. The van der Waals surface area contributed by atoms with E-state index in [1.165, 1.54) is 6.07 Å². The van der Waals surface area contributed by atoms with Gasteiger partial charge in [0, 0.05) is 6.07 Å². The molecule has 0 bridgehead atoms. The van der Waals surface area contributed by atoms with Crippen molar-refractivity contribution in [2.24, 2.45) is 0 Å².